The van der Waals surface area contributed by atoms with Crippen LogP contribution in [0.25, 0.3) is 0 Å². The molecule has 0 spiro atoms. The standard InChI is InChI=1S/C9H17NO/c1-2-7-10-8-5-3-4-6-9(10)11/h2,9,11H,1,3-8H2. The van der Waals surface area contributed by atoms with Crippen molar-refractivity contribution < 1.29 is 5.11 Å². The normalized spacial score (nSPS) is 27.9. The number of hydrogen-bond donors (Lipinski definition) is 1. The van der Waals surface area contributed by atoms with E-state index in [0.29, 0.717) is 0 Å². The Morgan fingerprint density at radius 1 is 1.45 bits per heavy atom. The molecular weight excluding hydrogens is 138 g/mol. The van der Waals surface area contributed by atoms with Crippen molar-refractivity contribution in [1.29, 1.82) is 0 Å². The fraction of sp³-hybridized carbons (Fsp3) is 0.778. The molecule has 0 saturated carbocycles. The first-order valence-corrected chi connectivity index (χ1v) is 4.37. The third kappa shape index (κ3) is 2.64. The molecule has 2 nitrogen and oxygen atoms in total. The third-order valence-electron chi connectivity index (χ3n) is 2.19. The fourth-order valence-electron chi connectivity index (χ4n) is 1.53. The molecule has 2 heteroatoms. The van der Waals surface area contributed by atoms with Crippen LogP contribution in [0.1, 0.15) is 25.7 Å². The van der Waals surface area contributed by atoms with E-state index < -0.39 is 0 Å². The lowest BCUT2D eigenvalue weighted by Crippen LogP contribution is -2.34. The third-order valence-corrected chi connectivity index (χ3v) is 2.19. The van der Waals surface area contributed by atoms with Gasteiger partial charge in [0.05, 0.1) is 0 Å². The van der Waals surface area contributed by atoms with Gasteiger partial charge in [-0.2, -0.15) is 0 Å². The zero-order valence-corrected chi connectivity index (χ0v) is 7.00. The van der Waals surface area contributed by atoms with Gasteiger partial charge in [0.15, 0.2) is 0 Å². The molecule has 0 aromatic rings. The predicted molar refractivity (Wildman–Crippen MR) is 46.2 cm³/mol. The van der Waals surface area contributed by atoms with Crippen LogP contribution in [0, 0.1) is 0 Å². The van der Waals surface area contributed by atoms with Crippen LogP contribution in [0.2, 0.25) is 0 Å². The van der Waals surface area contributed by atoms with Crippen LogP contribution in [0.4, 0.5) is 0 Å². The van der Waals surface area contributed by atoms with Gasteiger partial charge in [0.2, 0.25) is 0 Å². The minimum absolute atomic E-state index is 0.226. The van der Waals surface area contributed by atoms with Crippen molar-refractivity contribution in [3.63, 3.8) is 0 Å². The molecule has 0 radical (unpaired) electrons. The second-order valence-electron chi connectivity index (χ2n) is 3.11. The minimum Gasteiger partial charge on any atom is -0.378 e. The van der Waals surface area contributed by atoms with Crippen molar-refractivity contribution in [1.82, 2.24) is 4.90 Å². The Balaban J connectivity index is 2.38. The van der Waals surface area contributed by atoms with E-state index in [2.05, 4.69) is 11.5 Å². The predicted octanol–water partition coefficient (Wildman–Crippen LogP) is 1.37. The van der Waals surface area contributed by atoms with Gasteiger partial charge in [-0.1, -0.05) is 12.5 Å². The molecule has 1 fully saturated rings. The van der Waals surface area contributed by atoms with E-state index in [-0.39, 0.29) is 6.23 Å². The lowest BCUT2D eigenvalue weighted by Gasteiger charge is -2.23. The van der Waals surface area contributed by atoms with Crippen molar-refractivity contribution in [3.8, 4) is 0 Å². The molecule has 0 bridgehead atoms. The molecule has 0 amide bonds. The van der Waals surface area contributed by atoms with Crippen molar-refractivity contribution in [3.05, 3.63) is 12.7 Å². The Bertz CT molecular complexity index is 125. The minimum atomic E-state index is -0.226. The van der Waals surface area contributed by atoms with Gasteiger partial charge in [0.1, 0.15) is 6.23 Å². The molecule has 64 valence electrons. The summed E-state index contributed by atoms with van der Waals surface area (Å²) in [5.41, 5.74) is 0. The second-order valence-corrected chi connectivity index (χ2v) is 3.11. The number of likely N-dealkylation sites (tertiary alicyclic amines) is 1. The van der Waals surface area contributed by atoms with E-state index in [9.17, 15) is 5.11 Å². The molecule has 1 unspecified atom stereocenters. The molecule has 0 aliphatic carbocycles. The highest BCUT2D eigenvalue weighted by molar-refractivity contribution is 4.76. The summed E-state index contributed by atoms with van der Waals surface area (Å²) in [7, 11) is 0. The van der Waals surface area contributed by atoms with Gasteiger partial charge in [0.25, 0.3) is 0 Å². The van der Waals surface area contributed by atoms with Gasteiger partial charge in [-0.15, -0.1) is 6.58 Å². The SMILES string of the molecule is C=CCN1CCCCCC1O. The van der Waals surface area contributed by atoms with E-state index in [1.54, 1.807) is 0 Å². The number of hydrogen-bond acceptors (Lipinski definition) is 2. The Labute approximate surface area is 68.5 Å². The molecule has 1 aliphatic rings. The molecule has 1 rings (SSSR count). The molecule has 1 saturated heterocycles. The van der Waals surface area contributed by atoms with E-state index in [4.69, 9.17) is 0 Å². The summed E-state index contributed by atoms with van der Waals surface area (Å²) in [6, 6.07) is 0. The maximum absolute atomic E-state index is 9.56. The Morgan fingerprint density at radius 2 is 2.27 bits per heavy atom. The Hall–Kier alpha value is -0.340. The Morgan fingerprint density at radius 3 is 3.00 bits per heavy atom. The van der Waals surface area contributed by atoms with Gasteiger partial charge >= 0.3 is 0 Å². The molecular formula is C9H17NO. The van der Waals surface area contributed by atoms with Gasteiger partial charge in [-0.3, -0.25) is 4.90 Å². The first-order chi connectivity index (χ1) is 5.34. The van der Waals surface area contributed by atoms with Gasteiger partial charge in [-0.05, 0) is 19.3 Å². The van der Waals surface area contributed by atoms with Crippen LogP contribution in [0.5, 0.6) is 0 Å². The quantitative estimate of drug-likeness (QED) is 0.609. The van der Waals surface area contributed by atoms with Crippen LogP contribution < -0.4 is 0 Å². The largest absolute Gasteiger partial charge is 0.378 e. The van der Waals surface area contributed by atoms with Crippen LogP contribution in [-0.2, 0) is 0 Å². The molecule has 1 heterocycles. The summed E-state index contributed by atoms with van der Waals surface area (Å²) in [5.74, 6) is 0. The van der Waals surface area contributed by atoms with Gasteiger partial charge < -0.3 is 5.11 Å². The molecule has 1 aliphatic heterocycles. The second kappa shape index (κ2) is 4.52. The molecule has 0 aromatic heterocycles. The first-order valence-electron chi connectivity index (χ1n) is 4.37. The summed E-state index contributed by atoms with van der Waals surface area (Å²) in [6.45, 7) is 5.51. The zero-order valence-electron chi connectivity index (χ0n) is 7.00. The highest BCUT2D eigenvalue weighted by Gasteiger charge is 2.16. The maximum atomic E-state index is 9.56. The average molecular weight is 155 g/mol. The molecule has 11 heavy (non-hydrogen) atoms. The van der Waals surface area contributed by atoms with E-state index in [1.807, 2.05) is 6.08 Å². The fourth-order valence-corrected chi connectivity index (χ4v) is 1.53. The summed E-state index contributed by atoms with van der Waals surface area (Å²) >= 11 is 0. The topological polar surface area (TPSA) is 23.5 Å². The smallest absolute Gasteiger partial charge is 0.107 e. The highest BCUT2D eigenvalue weighted by atomic mass is 16.3. The summed E-state index contributed by atoms with van der Waals surface area (Å²) in [6.07, 6.45) is 6.18. The maximum Gasteiger partial charge on any atom is 0.107 e. The first kappa shape index (κ1) is 8.75. The molecule has 1 atom stereocenters. The van der Waals surface area contributed by atoms with Crippen molar-refractivity contribution in [2.24, 2.45) is 0 Å². The summed E-state index contributed by atoms with van der Waals surface area (Å²) in [4.78, 5) is 2.08. The molecule has 1 N–H and O–H groups in total. The van der Waals surface area contributed by atoms with E-state index in [0.717, 1.165) is 25.9 Å². The number of nitrogens with zero attached hydrogens (tertiary/aromatic N) is 1. The Kier molecular flexibility index (Phi) is 3.60. The van der Waals surface area contributed by atoms with Gasteiger partial charge in [0, 0.05) is 13.1 Å². The van der Waals surface area contributed by atoms with Crippen LogP contribution in [0.15, 0.2) is 12.7 Å². The number of aliphatic hydroxyl groups is 1. The van der Waals surface area contributed by atoms with E-state index in [1.165, 1.54) is 12.8 Å². The van der Waals surface area contributed by atoms with Crippen molar-refractivity contribution >= 4 is 0 Å². The summed E-state index contributed by atoms with van der Waals surface area (Å²) < 4.78 is 0. The highest BCUT2D eigenvalue weighted by Crippen LogP contribution is 2.13. The van der Waals surface area contributed by atoms with Crippen LogP contribution >= 0.6 is 0 Å². The lowest BCUT2D eigenvalue weighted by molar-refractivity contribution is 0.0127. The zero-order chi connectivity index (χ0) is 8.10. The summed E-state index contributed by atoms with van der Waals surface area (Å²) in [5, 5.41) is 9.56. The molecule has 0 aromatic carbocycles. The average Bonchev–Trinajstić information content (AvgIpc) is 2.18. The van der Waals surface area contributed by atoms with E-state index >= 15 is 0 Å². The number of rotatable bonds is 2. The van der Waals surface area contributed by atoms with Crippen molar-refractivity contribution in [2.75, 3.05) is 13.1 Å². The van der Waals surface area contributed by atoms with Gasteiger partial charge in [-0.25, -0.2) is 0 Å². The lowest BCUT2D eigenvalue weighted by atomic mass is 10.2. The van der Waals surface area contributed by atoms with Crippen molar-refractivity contribution in [2.45, 2.75) is 31.9 Å². The number of aliphatic hydroxyl groups excluding tert-OH is 1. The van der Waals surface area contributed by atoms with Crippen LogP contribution in [-0.4, -0.2) is 29.3 Å². The van der Waals surface area contributed by atoms with Crippen LogP contribution in [0.3, 0.4) is 0 Å². The monoisotopic (exact) mass is 155 g/mol.